The average molecular weight is 420 g/mol. The van der Waals surface area contributed by atoms with E-state index in [1.165, 1.54) is 20.8 Å². The fraction of sp³-hybridized carbons (Fsp3) is 0.333. The van der Waals surface area contributed by atoms with E-state index in [4.69, 9.17) is 14.2 Å². The maximum atomic E-state index is 11.4. The molecule has 30 heavy (non-hydrogen) atoms. The molecule has 0 saturated heterocycles. The van der Waals surface area contributed by atoms with Crippen LogP contribution < -0.4 is 16.0 Å². The van der Waals surface area contributed by atoms with Gasteiger partial charge in [0.15, 0.2) is 20.2 Å². The third-order valence-corrected chi connectivity index (χ3v) is 2.98. The molecule has 0 spiro atoms. The molecular weight excluding hydrogens is 396 g/mol. The van der Waals surface area contributed by atoms with Crippen molar-refractivity contribution in [3.05, 3.63) is 36.5 Å². The van der Waals surface area contributed by atoms with Crippen LogP contribution in [0.4, 0.5) is 17.8 Å². The SMILES string of the molecule is C=C(C)C(=O)OCNc1nc(NCOC(=O)C(=C)C)nc(NCOC(=O)C(=C)C)n1. The van der Waals surface area contributed by atoms with Gasteiger partial charge in [-0.3, -0.25) is 0 Å². The number of hydrogen-bond acceptors (Lipinski definition) is 12. The lowest BCUT2D eigenvalue weighted by Crippen LogP contribution is -2.19. The van der Waals surface area contributed by atoms with E-state index in [-0.39, 0.29) is 54.8 Å². The van der Waals surface area contributed by atoms with Gasteiger partial charge in [-0.1, -0.05) is 19.7 Å². The Morgan fingerprint density at radius 3 is 1.07 bits per heavy atom. The number of nitrogens with zero attached hydrogens (tertiary/aromatic N) is 3. The zero-order valence-corrected chi connectivity index (χ0v) is 17.0. The fourth-order valence-corrected chi connectivity index (χ4v) is 1.48. The predicted octanol–water partition coefficient (Wildman–Crippen LogP) is 1.34. The number of aromatic nitrogens is 3. The summed E-state index contributed by atoms with van der Waals surface area (Å²) < 4.78 is 14.7. The number of anilines is 3. The summed E-state index contributed by atoms with van der Waals surface area (Å²) in [7, 11) is 0. The van der Waals surface area contributed by atoms with Crippen LogP contribution in [0.1, 0.15) is 20.8 Å². The van der Waals surface area contributed by atoms with Crippen LogP contribution in [0.5, 0.6) is 0 Å². The Morgan fingerprint density at radius 2 is 0.867 bits per heavy atom. The highest BCUT2D eigenvalue weighted by molar-refractivity contribution is 5.87. The molecule has 0 aliphatic rings. The number of esters is 3. The summed E-state index contributed by atoms with van der Waals surface area (Å²) in [4.78, 5) is 46.5. The van der Waals surface area contributed by atoms with Crippen LogP contribution >= 0.6 is 0 Å². The lowest BCUT2D eigenvalue weighted by Gasteiger charge is -2.12. The third kappa shape index (κ3) is 8.82. The molecule has 0 amide bonds. The topological polar surface area (TPSA) is 154 Å². The summed E-state index contributed by atoms with van der Waals surface area (Å²) >= 11 is 0. The average Bonchev–Trinajstić information content (AvgIpc) is 2.67. The van der Waals surface area contributed by atoms with E-state index < -0.39 is 17.9 Å². The molecule has 0 unspecified atom stereocenters. The number of nitrogens with one attached hydrogen (secondary N) is 3. The van der Waals surface area contributed by atoms with Gasteiger partial charge in [-0.05, 0) is 20.8 Å². The van der Waals surface area contributed by atoms with Gasteiger partial charge >= 0.3 is 17.9 Å². The molecule has 1 heterocycles. The second-order valence-corrected chi connectivity index (χ2v) is 5.91. The van der Waals surface area contributed by atoms with Gasteiger partial charge in [-0.2, -0.15) is 15.0 Å². The Hall–Kier alpha value is -3.96. The van der Waals surface area contributed by atoms with Crippen LogP contribution in [-0.2, 0) is 28.6 Å². The van der Waals surface area contributed by atoms with Crippen LogP contribution in [0.15, 0.2) is 36.5 Å². The van der Waals surface area contributed by atoms with E-state index in [1.54, 1.807) is 0 Å². The van der Waals surface area contributed by atoms with E-state index in [2.05, 4.69) is 50.6 Å². The second kappa shape index (κ2) is 11.8. The first-order valence-corrected chi connectivity index (χ1v) is 8.55. The van der Waals surface area contributed by atoms with E-state index in [1.807, 2.05) is 0 Å². The van der Waals surface area contributed by atoms with Crippen molar-refractivity contribution < 1.29 is 28.6 Å². The van der Waals surface area contributed by atoms with Gasteiger partial charge in [0.1, 0.15) is 0 Å². The summed E-state index contributed by atoms with van der Waals surface area (Å²) in [5.74, 6) is -1.68. The molecule has 0 radical (unpaired) electrons. The van der Waals surface area contributed by atoms with Crippen molar-refractivity contribution >= 4 is 35.8 Å². The van der Waals surface area contributed by atoms with E-state index in [0.717, 1.165) is 0 Å². The van der Waals surface area contributed by atoms with Crippen molar-refractivity contribution in [1.29, 1.82) is 0 Å². The molecule has 0 atom stereocenters. The van der Waals surface area contributed by atoms with Gasteiger partial charge in [-0.25, -0.2) is 14.4 Å². The third-order valence-electron chi connectivity index (χ3n) is 2.98. The molecular formula is C18H24N6O6. The highest BCUT2D eigenvalue weighted by Crippen LogP contribution is 2.10. The van der Waals surface area contributed by atoms with Crippen LogP contribution in [0.2, 0.25) is 0 Å². The molecule has 3 N–H and O–H groups in total. The minimum Gasteiger partial charge on any atom is -0.441 e. The quantitative estimate of drug-likeness (QED) is 0.193. The van der Waals surface area contributed by atoms with E-state index in [0.29, 0.717) is 0 Å². The van der Waals surface area contributed by atoms with Crippen molar-refractivity contribution in [1.82, 2.24) is 15.0 Å². The molecule has 1 aromatic rings. The molecule has 0 aromatic carbocycles. The molecule has 0 aliphatic carbocycles. The molecule has 1 rings (SSSR count). The first-order chi connectivity index (χ1) is 14.1. The minimum atomic E-state index is -0.591. The summed E-state index contributed by atoms with van der Waals surface area (Å²) in [5, 5.41) is 8.03. The first-order valence-electron chi connectivity index (χ1n) is 8.55. The minimum absolute atomic E-state index is 0.0296. The van der Waals surface area contributed by atoms with Crippen molar-refractivity contribution in [2.45, 2.75) is 20.8 Å². The molecule has 12 nitrogen and oxygen atoms in total. The number of ether oxygens (including phenoxy) is 3. The second-order valence-electron chi connectivity index (χ2n) is 5.91. The molecule has 0 aliphatic heterocycles. The van der Waals surface area contributed by atoms with Crippen LogP contribution in [0, 0.1) is 0 Å². The molecule has 0 fully saturated rings. The Kier molecular flexibility index (Phi) is 9.46. The van der Waals surface area contributed by atoms with Crippen LogP contribution in [-0.4, -0.2) is 53.1 Å². The monoisotopic (exact) mass is 420 g/mol. The smallest absolute Gasteiger partial charge is 0.334 e. The molecule has 1 aromatic heterocycles. The van der Waals surface area contributed by atoms with Crippen LogP contribution in [0.3, 0.4) is 0 Å². The maximum Gasteiger partial charge on any atom is 0.334 e. The van der Waals surface area contributed by atoms with Gasteiger partial charge in [0.25, 0.3) is 0 Å². The molecule has 12 heteroatoms. The Balaban J connectivity index is 2.80. The Morgan fingerprint density at radius 1 is 0.633 bits per heavy atom. The van der Waals surface area contributed by atoms with Gasteiger partial charge in [0.05, 0.1) is 0 Å². The zero-order valence-electron chi connectivity index (χ0n) is 17.0. The van der Waals surface area contributed by atoms with Crippen molar-refractivity contribution in [3.8, 4) is 0 Å². The molecule has 162 valence electrons. The van der Waals surface area contributed by atoms with Gasteiger partial charge in [0, 0.05) is 16.7 Å². The number of carbonyl (C=O) groups excluding carboxylic acids is 3. The fourth-order valence-electron chi connectivity index (χ4n) is 1.48. The highest BCUT2D eigenvalue weighted by Gasteiger charge is 2.10. The van der Waals surface area contributed by atoms with Crippen molar-refractivity contribution in [3.63, 3.8) is 0 Å². The van der Waals surface area contributed by atoms with Crippen molar-refractivity contribution in [2.75, 3.05) is 36.1 Å². The normalized spacial score (nSPS) is 9.70. The summed E-state index contributed by atoms with van der Waals surface area (Å²) in [5.41, 5.74) is 0.697. The van der Waals surface area contributed by atoms with E-state index in [9.17, 15) is 14.4 Å². The van der Waals surface area contributed by atoms with Gasteiger partial charge in [-0.15, -0.1) is 0 Å². The Bertz CT molecular complexity index is 732. The number of carbonyl (C=O) groups is 3. The number of hydrogen-bond donors (Lipinski definition) is 3. The van der Waals surface area contributed by atoms with Crippen molar-refractivity contribution in [2.24, 2.45) is 0 Å². The van der Waals surface area contributed by atoms with Gasteiger partial charge in [0.2, 0.25) is 17.8 Å². The lowest BCUT2D eigenvalue weighted by atomic mass is 10.4. The van der Waals surface area contributed by atoms with Crippen LogP contribution in [0.25, 0.3) is 0 Å². The Labute approximate surface area is 173 Å². The highest BCUT2D eigenvalue weighted by atomic mass is 16.5. The first kappa shape index (κ1) is 24.1. The summed E-state index contributed by atoms with van der Waals surface area (Å²) in [6.07, 6.45) is 0. The molecule has 0 saturated carbocycles. The zero-order chi connectivity index (χ0) is 22.7. The van der Waals surface area contributed by atoms with Gasteiger partial charge < -0.3 is 30.2 Å². The lowest BCUT2D eigenvalue weighted by molar-refractivity contribution is -0.139. The standard InChI is InChI=1S/C18H24N6O6/c1-10(2)13(25)28-7-19-16-22-17(20-8-29-14(26)11(3)4)24-18(23-16)21-9-30-15(27)12(5)6/h1,3,5,7-9H2,2,4,6H3,(H3,19,20,21,22,23,24). The summed E-state index contributed by atoms with van der Waals surface area (Å²) in [6.45, 7) is 14.2. The maximum absolute atomic E-state index is 11.4. The predicted molar refractivity (Wildman–Crippen MR) is 108 cm³/mol. The van der Waals surface area contributed by atoms with E-state index >= 15 is 0 Å². The summed E-state index contributed by atoms with van der Waals surface area (Å²) in [6, 6.07) is 0. The molecule has 0 bridgehead atoms. The largest absolute Gasteiger partial charge is 0.441 e. The number of rotatable bonds is 12.